The van der Waals surface area contributed by atoms with Crippen LogP contribution in [0.15, 0.2) is 53.0 Å². The van der Waals surface area contributed by atoms with E-state index in [1.165, 1.54) is 0 Å². The van der Waals surface area contributed by atoms with Gasteiger partial charge < -0.3 is 10.6 Å². The molecule has 0 fully saturated rings. The summed E-state index contributed by atoms with van der Waals surface area (Å²) in [5, 5.41) is 6.31. The Kier molecular flexibility index (Phi) is 4.82. The molecule has 0 spiro atoms. The molecule has 0 aliphatic carbocycles. The van der Waals surface area contributed by atoms with Crippen molar-refractivity contribution in [1.29, 1.82) is 0 Å². The number of halogens is 2. The van der Waals surface area contributed by atoms with Crippen LogP contribution < -0.4 is 10.6 Å². The van der Waals surface area contributed by atoms with Gasteiger partial charge in [0.1, 0.15) is 0 Å². The Morgan fingerprint density at radius 1 is 1.11 bits per heavy atom. The molecule has 0 aliphatic rings. The van der Waals surface area contributed by atoms with Gasteiger partial charge in [-0.1, -0.05) is 39.7 Å². The monoisotopic (exact) mass is 338 g/mol. The normalized spacial score (nSPS) is 10.0. The van der Waals surface area contributed by atoms with Crippen LogP contribution >= 0.6 is 27.5 Å². The summed E-state index contributed by atoms with van der Waals surface area (Å²) in [6.45, 7) is 0.187. The van der Waals surface area contributed by atoms with Crippen LogP contribution in [0.2, 0.25) is 5.02 Å². The van der Waals surface area contributed by atoms with Crippen molar-refractivity contribution in [2.45, 2.75) is 0 Å². The lowest BCUT2D eigenvalue weighted by atomic mass is 10.3. The third-order valence-corrected chi connectivity index (χ3v) is 3.30. The van der Waals surface area contributed by atoms with Crippen LogP contribution in [-0.2, 0) is 4.79 Å². The first-order valence-corrected chi connectivity index (χ1v) is 6.86. The molecule has 0 bridgehead atoms. The number of amides is 1. The zero-order valence-corrected chi connectivity index (χ0v) is 12.3. The fourth-order valence-electron chi connectivity index (χ4n) is 1.51. The minimum atomic E-state index is -0.143. The van der Waals surface area contributed by atoms with Crippen LogP contribution in [0.5, 0.6) is 0 Å². The summed E-state index contributed by atoms with van der Waals surface area (Å²) in [7, 11) is 0. The molecule has 0 heterocycles. The summed E-state index contributed by atoms with van der Waals surface area (Å²) in [6.07, 6.45) is 0. The average molecular weight is 340 g/mol. The number of hydrogen-bond donors (Lipinski definition) is 2. The molecule has 2 N–H and O–H groups in total. The van der Waals surface area contributed by atoms with Gasteiger partial charge in [0.15, 0.2) is 0 Å². The molecule has 19 heavy (non-hydrogen) atoms. The highest BCUT2D eigenvalue weighted by Crippen LogP contribution is 2.20. The Morgan fingerprint density at radius 3 is 2.47 bits per heavy atom. The van der Waals surface area contributed by atoms with E-state index >= 15 is 0 Å². The maximum atomic E-state index is 11.8. The molecule has 0 aliphatic heterocycles. The minimum Gasteiger partial charge on any atom is -0.376 e. The molecule has 2 rings (SSSR count). The van der Waals surface area contributed by atoms with E-state index in [1.807, 2.05) is 36.4 Å². The molecule has 2 aromatic carbocycles. The van der Waals surface area contributed by atoms with Gasteiger partial charge in [-0.15, -0.1) is 0 Å². The van der Waals surface area contributed by atoms with Gasteiger partial charge >= 0.3 is 0 Å². The second-order valence-electron chi connectivity index (χ2n) is 3.89. The van der Waals surface area contributed by atoms with Crippen LogP contribution in [0.4, 0.5) is 11.4 Å². The van der Waals surface area contributed by atoms with Crippen molar-refractivity contribution in [2.75, 3.05) is 17.2 Å². The van der Waals surface area contributed by atoms with Gasteiger partial charge in [0, 0.05) is 10.2 Å². The van der Waals surface area contributed by atoms with Crippen LogP contribution in [0, 0.1) is 0 Å². The molecule has 0 saturated heterocycles. The van der Waals surface area contributed by atoms with E-state index in [-0.39, 0.29) is 12.5 Å². The fraction of sp³-hybridized carbons (Fsp3) is 0.0714. The fourth-order valence-corrected chi connectivity index (χ4v) is 1.95. The number of nitrogens with one attached hydrogen (secondary N) is 2. The van der Waals surface area contributed by atoms with Crippen molar-refractivity contribution in [1.82, 2.24) is 0 Å². The first-order valence-electron chi connectivity index (χ1n) is 5.69. The maximum Gasteiger partial charge on any atom is 0.243 e. The van der Waals surface area contributed by atoms with Crippen molar-refractivity contribution >= 4 is 44.8 Å². The number of benzene rings is 2. The molecule has 2 aromatic rings. The van der Waals surface area contributed by atoms with Gasteiger partial charge in [-0.2, -0.15) is 0 Å². The molecule has 0 atom stereocenters. The van der Waals surface area contributed by atoms with Crippen molar-refractivity contribution in [3.8, 4) is 0 Å². The maximum absolute atomic E-state index is 11.8. The lowest BCUT2D eigenvalue weighted by molar-refractivity contribution is -0.114. The quantitative estimate of drug-likeness (QED) is 0.878. The van der Waals surface area contributed by atoms with Crippen molar-refractivity contribution in [3.05, 3.63) is 58.0 Å². The smallest absolute Gasteiger partial charge is 0.243 e. The third kappa shape index (κ3) is 4.26. The molecule has 98 valence electrons. The first kappa shape index (κ1) is 13.9. The SMILES string of the molecule is O=C(CNc1ccc(Br)cc1)Nc1ccccc1Cl. The van der Waals surface area contributed by atoms with Gasteiger partial charge in [0.05, 0.1) is 17.3 Å². The van der Waals surface area contributed by atoms with Gasteiger partial charge in [-0.05, 0) is 36.4 Å². The Morgan fingerprint density at radius 2 is 1.79 bits per heavy atom. The summed E-state index contributed by atoms with van der Waals surface area (Å²) in [5.41, 5.74) is 1.50. The standard InChI is InChI=1S/C14H12BrClN2O/c15-10-5-7-11(8-6-10)17-9-14(19)18-13-4-2-1-3-12(13)16/h1-8,17H,9H2,(H,18,19). The Labute approximate surface area is 125 Å². The number of hydrogen-bond acceptors (Lipinski definition) is 2. The number of anilines is 2. The van der Waals surface area contributed by atoms with E-state index in [4.69, 9.17) is 11.6 Å². The van der Waals surface area contributed by atoms with E-state index in [9.17, 15) is 4.79 Å². The van der Waals surface area contributed by atoms with Crippen LogP contribution in [0.3, 0.4) is 0 Å². The molecule has 0 radical (unpaired) electrons. The Balaban J connectivity index is 1.88. The van der Waals surface area contributed by atoms with E-state index in [2.05, 4.69) is 26.6 Å². The van der Waals surface area contributed by atoms with Gasteiger partial charge in [-0.25, -0.2) is 0 Å². The van der Waals surface area contributed by atoms with E-state index in [0.29, 0.717) is 10.7 Å². The highest BCUT2D eigenvalue weighted by molar-refractivity contribution is 9.10. The molecule has 0 aromatic heterocycles. The summed E-state index contributed by atoms with van der Waals surface area (Å²) < 4.78 is 0.999. The number of para-hydroxylation sites is 1. The van der Waals surface area contributed by atoms with Crippen LogP contribution in [0.1, 0.15) is 0 Å². The van der Waals surface area contributed by atoms with Crippen LogP contribution in [0.25, 0.3) is 0 Å². The summed E-state index contributed by atoms with van der Waals surface area (Å²) in [4.78, 5) is 11.8. The highest BCUT2D eigenvalue weighted by atomic mass is 79.9. The second kappa shape index (κ2) is 6.59. The first-order chi connectivity index (χ1) is 9.15. The topological polar surface area (TPSA) is 41.1 Å². The van der Waals surface area contributed by atoms with E-state index < -0.39 is 0 Å². The molecule has 1 amide bonds. The van der Waals surface area contributed by atoms with E-state index in [1.54, 1.807) is 12.1 Å². The van der Waals surface area contributed by atoms with Crippen molar-refractivity contribution in [3.63, 3.8) is 0 Å². The summed E-state index contributed by atoms with van der Waals surface area (Å²) in [6, 6.07) is 14.8. The molecule has 3 nitrogen and oxygen atoms in total. The minimum absolute atomic E-state index is 0.143. The zero-order valence-electron chi connectivity index (χ0n) is 9.99. The number of rotatable bonds is 4. The molecular weight excluding hydrogens is 328 g/mol. The zero-order chi connectivity index (χ0) is 13.7. The molecular formula is C14H12BrClN2O. The Bertz CT molecular complexity index is 572. The summed E-state index contributed by atoms with van der Waals surface area (Å²) in [5.74, 6) is -0.143. The van der Waals surface area contributed by atoms with Gasteiger partial charge in [-0.3, -0.25) is 4.79 Å². The summed E-state index contributed by atoms with van der Waals surface area (Å²) >= 11 is 9.32. The number of carbonyl (C=O) groups excluding carboxylic acids is 1. The molecule has 0 saturated carbocycles. The van der Waals surface area contributed by atoms with E-state index in [0.717, 1.165) is 10.2 Å². The van der Waals surface area contributed by atoms with Crippen molar-refractivity contribution in [2.24, 2.45) is 0 Å². The lowest BCUT2D eigenvalue weighted by Gasteiger charge is -2.09. The highest BCUT2D eigenvalue weighted by Gasteiger charge is 2.04. The largest absolute Gasteiger partial charge is 0.376 e. The van der Waals surface area contributed by atoms with Crippen molar-refractivity contribution < 1.29 is 4.79 Å². The molecule has 0 unspecified atom stereocenters. The van der Waals surface area contributed by atoms with Crippen LogP contribution in [-0.4, -0.2) is 12.5 Å². The lowest BCUT2D eigenvalue weighted by Crippen LogP contribution is -2.21. The molecule has 5 heteroatoms. The third-order valence-electron chi connectivity index (χ3n) is 2.45. The Hall–Kier alpha value is -1.52. The average Bonchev–Trinajstić information content (AvgIpc) is 2.41. The van der Waals surface area contributed by atoms with Gasteiger partial charge in [0.2, 0.25) is 5.91 Å². The second-order valence-corrected chi connectivity index (χ2v) is 5.21. The predicted octanol–water partition coefficient (Wildman–Crippen LogP) is 4.15. The predicted molar refractivity (Wildman–Crippen MR) is 82.7 cm³/mol. The number of carbonyl (C=O) groups is 1. The van der Waals surface area contributed by atoms with Gasteiger partial charge in [0.25, 0.3) is 0 Å².